The predicted octanol–water partition coefficient (Wildman–Crippen LogP) is 5.51. The average Bonchev–Trinajstić information content (AvgIpc) is 2.66. The Morgan fingerprint density at radius 3 is 2.67 bits per heavy atom. The Balaban J connectivity index is 2.05. The molecule has 0 bridgehead atoms. The van der Waals surface area contributed by atoms with Gasteiger partial charge in [0.25, 0.3) is 0 Å². The van der Waals surface area contributed by atoms with Gasteiger partial charge in [0, 0.05) is 18.5 Å². The number of hydrogen-bond acceptors (Lipinski definition) is 2. The number of aryl methyl sites for hydroxylation is 1. The summed E-state index contributed by atoms with van der Waals surface area (Å²) in [6.07, 6.45) is 1.27. The van der Waals surface area contributed by atoms with Crippen molar-refractivity contribution in [3.05, 3.63) is 68.7 Å². The van der Waals surface area contributed by atoms with E-state index < -0.39 is 6.09 Å². The van der Waals surface area contributed by atoms with Crippen LogP contribution in [0.5, 0.6) is 0 Å². The maximum Gasteiger partial charge on any atom is 0.407 e. The van der Waals surface area contributed by atoms with E-state index in [1.165, 1.54) is 10.5 Å². The van der Waals surface area contributed by atoms with E-state index in [9.17, 15) is 15.2 Å². The molecule has 2 unspecified atom stereocenters. The van der Waals surface area contributed by atoms with Gasteiger partial charge in [0.2, 0.25) is 0 Å². The number of likely N-dealkylation sites (N-methyl/N-ethyl adjacent to an activating group) is 1. The number of carbonyl (C=O) groups is 1. The molecule has 0 aliphatic heterocycles. The summed E-state index contributed by atoms with van der Waals surface area (Å²) in [4.78, 5) is 13.3. The van der Waals surface area contributed by atoms with Crippen LogP contribution >= 0.6 is 23.2 Å². The van der Waals surface area contributed by atoms with Gasteiger partial charge in [-0.05, 0) is 67.1 Å². The molecule has 3 rings (SSSR count). The molecule has 2 atom stereocenters. The summed E-state index contributed by atoms with van der Waals surface area (Å²) in [5, 5.41) is 20.0. The normalized spacial score (nSPS) is 18.4. The predicted molar refractivity (Wildman–Crippen MR) is 107 cm³/mol. The van der Waals surface area contributed by atoms with Crippen LogP contribution in [0.1, 0.15) is 41.5 Å². The van der Waals surface area contributed by atoms with Crippen LogP contribution in [0, 0.1) is 11.3 Å². The minimum atomic E-state index is -0.915. The van der Waals surface area contributed by atoms with Gasteiger partial charge in [-0.15, -0.1) is 0 Å². The summed E-state index contributed by atoms with van der Waals surface area (Å²) in [5.74, 6) is -0.0460. The lowest BCUT2D eigenvalue weighted by Gasteiger charge is -2.39. The molecule has 0 fully saturated rings. The molecule has 1 N–H and O–H groups in total. The first-order chi connectivity index (χ1) is 12.9. The van der Waals surface area contributed by atoms with Crippen LogP contribution in [0.3, 0.4) is 0 Å². The standard InChI is InChI=1S/C21H20Cl2N2O2/c1-2-25(21(26)27)20-8-6-15-5-3-14(12-24)10-16(15)17(20)9-13-4-7-18(22)19(23)11-13/h3-5,7,10-11,17,20H,2,6,8-9H2,1H3,(H,26,27). The monoisotopic (exact) mass is 402 g/mol. The van der Waals surface area contributed by atoms with Gasteiger partial charge in [0.1, 0.15) is 0 Å². The molecule has 140 valence electrons. The topological polar surface area (TPSA) is 64.3 Å². The first-order valence-corrected chi connectivity index (χ1v) is 9.66. The van der Waals surface area contributed by atoms with E-state index in [-0.39, 0.29) is 12.0 Å². The Morgan fingerprint density at radius 2 is 2.04 bits per heavy atom. The lowest BCUT2D eigenvalue weighted by molar-refractivity contribution is 0.113. The number of amides is 1. The van der Waals surface area contributed by atoms with Crippen molar-refractivity contribution >= 4 is 29.3 Å². The summed E-state index contributed by atoms with van der Waals surface area (Å²) >= 11 is 12.2. The van der Waals surface area contributed by atoms with Crippen LogP contribution in [-0.4, -0.2) is 28.7 Å². The van der Waals surface area contributed by atoms with Crippen LogP contribution in [0.25, 0.3) is 0 Å². The van der Waals surface area contributed by atoms with Gasteiger partial charge >= 0.3 is 6.09 Å². The largest absolute Gasteiger partial charge is 0.465 e. The highest BCUT2D eigenvalue weighted by Crippen LogP contribution is 2.38. The molecule has 2 aromatic carbocycles. The second kappa shape index (κ2) is 8.21. The minimum Gasteiger partial charge on any atom is -0.465 e. The van der Waals surface area contributed by atoms with E-state index in [0.717, 1.165) is 24.0 Å². The van der Waals surface area contributed by atoms with Crippen molar-refractivity contribution in [2.75, 3.05) is 6.54 Å². The molecular formula is C21H20Cl2N2O2. The van der Waals surface area contributed by atoms with Crippen molar-refractivity contribution in [2.24, 2.45) is 0 Å². The fourth-order valence-electron chi connectivity index (χ4n) is 4.00. The van der Waals surface area contributed by atoms with Gasteiger partial charge in [-0.1, -0.05) is 35.3 Å². The van der Waals surface area contributed by atoms with Crippen molar-refractivity contribution in [2.45, 2.75) is 38.1 Å². The van der Waals surface area contributed by atoms with Crippen LogP contribution < -0.4 is 0 Å². The van der Waals surface area contributed by atoms with E-state index in [0.29, 0.717) is 28.6 Å². The summed E-state index contributed by atoms with van der Waals surface area (Å²) in [5.41, 5.74) is 3.82. The summed E-state index contributed by atoms with van der Waals surface area (Å²) in [6, 6.07) is 13.3. The van der Waals surface area contributed by atoms with Gasteiger partial charge < -0.3 is 10.0 Å². The number of carboxylic acid groups (broad SMARTS) is 1. The maximum absolute atomic E-state index is 11.8. The first-order valence-electron chi connectivity index (χ1n) is 8.91. The average molecular weight is 403 g/mol. The molecule has 0 saturated heterocycles. The molecule has 2 aromatic rings. The number of benzene rings is 2. The molecule has 1 aliphatic carbocycles. The highest BCUT2D eigenvalue weighted by atomic mass is 35.5. The molecule has 27 heavy (non-hydrogen) atoms. The van der Waals surface area contributed by atoms with Gasteiger partial charge in [0.15, 0.2) is 0 Å². The number of fused-ring (bicyclic) bond motifs is 1. The lowest BCUT2D eigenvalue weighted by Crippen LogP contribution is -2.45. The zero-order valence-corrected chi connectivity index (χ0v) is 16.5. The quantitative estimate of drug-likeness (QED) is 0.733. The van der Waals surface area contributed by atoms with Gasteiger partial charge in [0.05, 0.1) is 21.7 Å². The zero-order valence-electron chi connectivity index (χ0n) is 15.0. The van der Waals surface area contributed by atoms with Crippen molar-refractivity contribution < 1.29 is 9.90 Å². The first kappa shape index (κ1) is 19.5. The number of halogens is 2. The Hall–Kier alpha value is -2.22. The summed E-state index contributed by atoms with van der Waals surface area (Å²) < 4.78 is 0. The van der Waals surface area contributed by atoms with Gasteiger partial charge in [-0.25, -0.2) is 4.79 Å². The van der Waals surface area contributed by atoms with Crippen LogP contribution in [0.2, 0.25) is 10.0 Å². The Kier molecular flexibility index (Phi) is 5.94. The molecule has 0 saturated carbocycles. The van der Waals surface area contributed by atoms with Crippen molar-refractivity contribution in [3.63, 3.8) is 0 Å². The van der Waals surface area contributed by atoms with Gasteiger partial charge in [-0.3, -0.25) is 0 Å². The molecule has 1 aliphatic rings. The summed E-state index contributed by atoms with van der Waals surface area (Å²) in [6.45, 7) is 2.27. The SMILES string of the molecule is CCN(C(=O)O)C1CCc2ccc(C#N)cc2C1Cc1ccc(Cl)c(Cl)c1. The fraction of sp³-hybridized carbons (Fsp3) is 0.333. The molecule has 0 radical (unpaired) electrons. The van der Waals surface area contributed by atoms with E-state index in [4.69, 9.17) is 23.2 Å². The minimum absolute atomic E-state index is 0.0460. The molecule has 1 amide bonds. The molecule has 0 heterocycles. The Labute approximate surface area is 168 Å². The van der Waals surface area contributed by atoms with Crippen molar-refractivity contribution in [1.29, 1.82) is 5.26 Å². The number of hydrogen-bond donors (Lipinski definition) is 1. The van der Waals surface area contributed by atoms with Gasteiger partial charge in [-0.2, -0.15) is 5.26 Å². The van der Waals surface area contributed by atoms with Crippen LogP contribution in [0.15, 0.2) is 36.4 Å². The lowest BCUT2D eigenvalue weighted by atomic mass is 9.75. The smallest absolute Gasteiger partial charge is 0.407 e. The molecule has 0 aromatic heterocycles. The van der Waals surface area contributed by atoms with Crippen LogP contribution in [-0.2, 0) is 12.8 Å². The third-order valence-corrected chi connectivity index (χ3v) is 6.01. The second-order valence-corrected chi connectivity index (χ2v) is 7.57. The highest BCUT2D eigenvalue weighted by molar-refractivity contribution is 6.42. The third-order valence-electron chi connectivity index (χ3n) is 5.27. The van der Waals surface area contributed by atoms with E-state index >= 15 is 0 Å². The van der Waals surface area contributed by atoms with Crippen LogP contribution in [0.4, 0.5) is 4.79 Å². The number of nitrogens with zero attached hydrogens (tertiary/aromatic N) is 2. The number of rotatable bonds is 4. The second-order valence-electron chi connectivity index (χ2n) is 6.76. The number of nitriles is 1. The third kappa shape index (κ3) is 4.05. The Bertz CT molecular complexity index is 908. The maximum atomic E-state index is 11.8. The zero-order chi connectivity index (χ0) is 19.6. The highest BCUT2D eigenvalue weighted by Gasteiger charge is 2.35. The van der Waals surface area contributed by atoms with E-state index in [1.54, 1.807) is 6.07 Å². The summed E-state index contributed by atoms with van der Waals surface area (Å²) in [7, 11) is 0. The molecule has 6 heteroatoms. The Morgan fingerprint density at radius 1 is 1.26 bits per heavy atom. The fourth-order valence-corrected chi connectivity index (χ4v) is 4.32. The van der Waals surface area contributed by atoms with Crippen molar-refractivity contribution in [1.82, 2.24) is 4.90 Å². The molecular weight excluding hydrogens is 383 g/mol. The van der Waals surface area contributed by atoms with E-state index in [1.807, 2.05) is 37.3 Å². The van der Waals surface area contributed by atoms with E-state index in [2.05, 4.69) is 6.07 Å². The molecule has 0 spiro atoms. The molecule has 4 nitrogen and oxygen atoms in total. The van der Waals surface area contributed by atoms with Crippen molar-refractivity contribution in [3.8, 4) is 6.07 Å².